The summed E-state index contributed by atoms with van der Waals surface area (Å²) in [6, 6.07) is 8.15. The summed E-state index contributed by atoms with van der Waals surface area (Å²) in [6.07, 6.45) is 0.233. The third-order valence-electron chi connectivity index (χ3n) is 2.11. The largest absolute Gasteiger partial charge is 0.617 e. The number of aliphatic imine (C=N–C) groups is 1. The van der Waals surface area contributed by atoms with Gasteiger partial charge in [-0.05, 0) is 5.56 Å². The number of hydroxylamine groups is 2. The van der Waals surface area contributed by atoms with Crippen molar-refractivity contribution in [1.82, 2.24) is 0 Å². The number of benzene rings is 1. The summed E-state index contributed by atoms with van der Waals surface area (Å²) in [7, 11) is 0. The van der Waals surface area contributed by atoms with E-state index < -0.39 is 17.0 Å². The van der Waals surface area contributed by atoms with Crippen molar-refractivity contribution in [3.63, 3.8) is 0 Å². The first-order valence-corrected chi connectivity index (χ1v) is 4.43. The molecule has 1 aliphatic rings. The Hall–Kier alpha value is -1.85. The average molecular weight is 204 g/mol. The van der Waals surface area contributed by atoms with Gasteiger partial charge in [-0.1, -0.05) is 30.3 Å². The molecule has 2 rings (SSSR count). The summed E-state index contributed by atoms with van der Waals surface area (Å²) in [6.45, 7) is 0. The van der Waals surface area contributed by atoms with E-state index in [4.69, 9.17) is 0 Å². The van der Waals surface area contributed by atoms with Gasteiger partial charge in [-0.15, -0.1) is 0 Å². The van der Waals surface area contributed by atoms with Crippen molar-refractivity contribution < 1.29 is 14.7 Å². The van der Waals surface area contributed by atoms with Gasteiger partial charge < -0.3 is 5.21 Å². The number of nitrogens with zero attached hydrogens (tertiary/aromatic N) is 1. The van der Waals surface area contributed by atoms with Crippen molar-refractivity contribution in [2.24, 2.45) is 4.99 Å². The maximum absolute atomic E-state index is 11.2. The first kappa shape index (κ1) is 9.70. The molecule has 3 amide bonds. The number of carbonyl (C=O) groups excluding carboxylic acids is 2. The molecule has 0 radical (unpaired) electrons. The minimum Gasteiger partial charge on any atom is -0.617 e. The number of imide groups is 1. The molecule has 1 unspecified atom stereocenters. The summed E-state index contributed by atoms with van der Waals surface area (Å²) in [4.78, 5) is 25.5. The van der Waals surface area contributed by atoms with E-state index >= 15 is 0 Å². The highest BCUT2D eigenvalue weighted by Crippen LogP contribution is 2.02. The highest BCUT2D eigenvalue weighted by atomic mass is 16.5. The van der Waals surface area contributed by atoms with Gasteiger partial charge in [-0.2, -0.15) is 4.99 Å². The van der Waals surface area contributed by atoms with Crippen molar-refractivity contribution in [3.8, 4) is 0 Å². The maximum atomic E-state index is 11.2. The lowest BCUT2D eigenvalue weighted by Gasteiger charge is -2.06. The van der Waals surface area contributed by atoms with Crippen LogP contribution in [0.1, 0.15) is 5.56 Å². The second-order valence-corrected chi connectivity index (χ2v) is 3.18. The lowest BCUT2D eigenvalue weighted by atomic mass is 10.1. The molecular weight excluding hydrogens is 196 g/mol. The number of hydrogen-bond donors (Lipinski definition) is 1. The van der Waals surface area contributed by atoms with E-state index in [-0.39, 0.29) is 12.1 Å². The third kappa shape index (κ3) is 1.83. The Morgan fingerprint density at radius 3 is 2.40 bits per heavy atom. The van der Waals surface area contributed by atoms with E-state index in [1.54, 1.807) is 0 Å². The SMILES string of the molecule is O=C1N=C(Cc2ccccc2)C(=O)[NH+]1[O-]. The van der Waals surface area contributed by atoms with Crippen LogP contribution in [-0.4, -0.2) is 17.6 Å². The van der Waals surface area contributed by atoms with Crippen LogP contribution in [-0.2, 0) is 11.2 Å². The smallest absolute Gasteiger partial charge is 0.449 e. The molecule has 1 heterocycles. The van der Waals surface area contributed by atoms with Gasteiger partial charge in [0.25, 0.3) is 0 Å². The van der Waals surface area contributed by atoms with Gasteiger partial charge in [-0.25, -0.2) is 14.7 Å². The number of urea groups is 1. The molecule has 0 saturated heterocycles. The predicted molar refractivity (Wildman–Crippen MR) is 52.3 cm³/mol. The molecule has 0 fully saturated rings. The average Bonchev–Trinajstić information content (AvgIpc) is 2.48. The highest BCUT2D eigenvalue weighted by Gasteiger charge is 2.33. The summed E-state index contributed by atoms with van der Waals surface area (Å²) >= 11 is 0. The number of quaternary nitrogens is 1. The lowest BCUT2D eigenvalue weighted by Crippen LogP contribution is -3.11. The molecule has 1 aromatic carbocycles. The fourth-order valence-electron chi connectivity index (χ4n) is 1.36. The Morgan fingerprint density at radius 1 is 1.20 bits per heavy atom. The quantitative estimate of drug-likeness (QED) is 0.673. The zero-order valence-electron chi connectivity index (χ0n) is 7.77. The Balaban J connectivity index is 2.18. The lowest BCUT2D eigenvalue weighted by molar-refractivity contribution is -0.661. The topological polar surface area (TPSA) is 74.0 Å². The van der Waals surface area contributed by atoms with E-state index in [9.17, 15) is 14.8 Å². The van der Waals surface area contributed by atoms with Crippen LogP contribution in [0.5, 0.6) is 0 Å². The highest BCUT2D eigenvalue weighted by molar-refractivity contribution is 6.41. The molecule has 0 bridgehead atoms. The van der Waals surface area contributed by atoms with Crippen LogP contribution >= 0.6 is 0 Å². The van der Waals surface area contributed by atoms with Crippen molar-refractivity contribution in [2.75, 3.05) is 0 Å². The zero-order valence-corrected chi connectivity index (χ0v) is 7.77. The van der Waals surface area contributed by atoms with Crippen molar-refractivity contribution in [1.29, 1.82) is 0 Å². The van der Waals surface area contributed by atoms with Crippen LogP contribution < -0.4 is 5.06 Å². The van der Waals surface area contributed by atoms with Crippen molar-refractivity contribution >= 4 is 17.6 Å². The minimum atomic E-state index is -1.03. The van der Waals surface area contributed by atoms with Gasteiger partial charge in [0.2, 0.25) is 0 Å². The minimum absolute atomic E-state index is 0.0381. The Labute approximate surface area is 85.6 Å². The molecule has 15 heavy (non-hydrogen) atoms. The standard InChI is InChI=1S/C10H8N2O3/c13-9-8(11-10(14)12(9)15)6-7-4-2-1-3-5-7/h1-5,12H,6H2. The van der Waals surface area contributed by atoms with Gasteiger partial charge >= 0.3 is 11.9 Å². The molecular formula is C10H8N2O3. The Bertz CT molecular complexity index is 439. The number of nitrogens with one attached hydrogen (secondary N) is 1. The molecule has 0 saturated carbocycles. The van der Waals surface area contributed by atoms with Gasteiger partial charge in [0, 0.05) is 6.42 Å². The Morgan fingerprint density at radius 2 is 1.87 bits per heavy atom. The number of rotatable bonds is 2. The molecule has 5 heteroatoms. The normalized spacial score (nSPS) is 20.6. The second kappa shape index (κ2) is 3.72. The summed E-state index contributed by atoms with van der Waals surface area (Å²) in [5.74, 6) is -0.774. The summed E-state index contributed by atoms with van der Waals surface area (Å²) < 4.78 is 0. The monoisotopic (exact) mass is 204 g/mol. The molecule has 1 aliphatic heterocycles. The summed E-state index contributed by atoms with van der Waals surface area (Å²) in [5, 5.41) is 9.87. The molecule has 0 aliphatic carbocycles. The second-order valence-electron chi connectivity index (χ2n) is 3.18. The maximum Gasteiger partial charge on any atom is 0.449 e. The van der Waals surface area contributed by atoms with Crippen molar-refractivity contribution in [2.45, 2.75) is 6.42 Å². The van der Waals surface area contributed by atoms with Crippen LogP contribution in [0.15, 0.2) is 35.3 Å². The van der Waals surface area contributed by atoms with Gasteiger partial charge in [0.1, 0.15) is 0 Å². The van der Waals surface area contributed by atoms with E-state index in [2.05, 4.69) is 4.99 Å². The molecule has 0 aromatic heterocycles. The molecule has 5 nitrogen and oxygen atoms in total. The van der Waals surface area contributed by atoms with Gasteiger partial charge in [-0.3, -0.25) is 0 Å². The molecule has 1 aromatic rings. The molecule has 1 atom stereocenters. The van der Waals surface area contributed by atoms with E-state index in [1.165, 1.54) is 0 Å². The summed E-state index contributed by atoms with van der Waals surface area (Å²) in [5.41, 5.74) is 0.892. The first-order chi connectivity index (χ1) is 7.18. The predicted octanol–water partition coefficient (Wildman–Crippen LogP) is -0.287. The van der Waals surface area contributed by atoms with Crippen LogP contribution in [0.4, 0.5) is 4.79 Å². The van der Waals surface area contributed by atoms with Gasteiger partial charge in [0.05, 0.1) is 0 Å². The molecule has 76 valence electrons. The first-order valence-electron chi connectivity index (χ1n) is 4.43. The number of hydrogen-bond acceptors (Lipinski definition) is 3. The Kier molecular flexibility index (Phi) is 2.40. The van der Waals surface area contributed by atoms with Crippen LogP contribution in [0.2, 0.25) is 0 Å². The number of carbonyl (C=O) groups is 2. The van der Waals surface area contributed by atoms with E-state index in [1.807, 2.05) is 30.3 Å². The molecule has 1 N–H and O–H groups in total. The zero-order chi connectivity index (χ0) is 10.8. The molecule has 0 spiro atoms. The van der Waals surface area contributed by atoms with E-state index in [0.29, 0.717) is 0 Å². The van der Waals surface area contributed by atoms with Crippen molar-refractivity contribution in [3.05, 3.63) is 41.1 Å². The fourth-order valence-corrected chi connectivity index (χ4v) is 1.36. The number of amides is 3. The van der Waals surface area contributed by atoms with Crippen LogP contribution in [0.25, 0.3) is 0 Å². The van der Waals surface area contributed by atoms with E-state index in [0.717, 1.165) is 5.56 Å². The van der Waals surface area contributed by atoms with Gasteiger partial charge in [0.15, 0.2) is 5.71 Å². The third-order valence-corrected chi connectivity index (χ3v) is 2.11. The van der Waals surface area contributed by atoms with Crippen LogP contribution in [0.3, 0.4) is 0 Å². The van der Waals surface area contributed by atoms with Crippen LogP contribution in [0, 0.1) is 5.21 Å². The fraction of sp³-hybridized carbons (Fsp3) is 0.100.